The molecule has 5 nitrogen and oxygen atoms in total. The lowest BCUT2D eigenvalue weighted by Gasteiger charge is -2.42. The molecule has 1 aromatic rings. The molecule has 22 heavy (non-hydrogen) atoms. The Labute approximate surface area is 131 Å². The largest absolute Gasteiger partial charge is 0.508 e. The molecule has 0 bridgehead atoms. The summed E-state index contributed by atoms with van der Waals surface area (Å²) in [4.78, 5) is 14.0. The van der Waals surface area contributed by atoms with Crippen molar-refractivity contribution in [2.45, 2.75) is 26.2 Å². The summed E-state index contributed by atoms with van der Waals surface area (Å²) >= 11 is 0. The van der Waals surface area contributed by atoms with Crippen molar-refractivity contribution in [1.29, 1.82) is 0 Å². The second kappa shape index (κ2) is 6.16. The Bertz CT molecular complexity index is 553. The highest BCUT2D eigenvalue weighted by Crippen LogP contribution is 2.35. The number of carbonyl (C=O) groups is 1. The third-order valence-corrected chi connectivity index (χ3v) is 5.12. The summed E-state index contributed by atoms with van der Waals surface area (Å²) in [6.45, 7) is 7.52. The highest BCUT2D eigenvalue weighted by Gasteiger charge is 2.32. The first-order chi connectivity index (χ1) is 10.6. The molecule has 1 amide bonds. The summed E-state index contributed by atoms with van der Waals surface area (Å²) < 4.78 is 6.55. The van der Waals surface area contributed by atoms with Crippen LogP contribution in [0.3, 0.4) is 0 Å². The molecular formula is C17H25N2O3+. The molecule has 2 aliphatic heterocycles. The number of likely N-dealkylation sites (N-methyl/N-ethyl adjacent to an activating group) is 1. The van der Waals surface area contributed by atoms with Crippen LogP contribution in [-0.2, 0) is 4.79 Å². The van der Waals surface area contributed by atoms with Crippen LogP contribution in [0.2, 0.25) is 0 Å². The first kappa shape index (κ1) is 15.2. The number of anilines is 1. The lowest BCUT2D eigenvalue weighted by atomic mass is 10.1. The Hall–Kier alpha value is -1.75. The van der Waals surface area contributed by atoms with Crippen LogP contribution in [0, 0.1) is 0 Å². The molecule has 0 saturated carbocycles. The van der Waals surface area contributed by atoms with Gasteiger partial charge in [-0.1, -0.05) is 0 Å². The Morgan fingerprint density at radius 3 is 2.77 bits per heavy atom. The quantitative estimate of drug-likeness (QED) is 0.867. The lowest BCUT2D eigenvalue weighted by Crippen LogP contribution is -2.55. The van der Waals surface area contributed by atoms with Gasteiger partial charge in [0.15, 0.2) is 6.61 Å². The van der Waals surface area contributed by atoms with E-state index in [0.29, 0.717) is 18.0 Å². The summed E-state index contributed by atoms with van der Waals surface area (Å²) in [6, 6.07) is 4.95. The van der Waals surface area contributed by atoms with E-state index in [0.717, 1.165) is 17.6 Å². The van der Waals surface area contributed by atoms with Gasteiger partial charge in [0.1, 0.15) is 11.5 Å². The number of quaternary nitrogens is 1. The molecule has 120 valence electrons. The standard InChI is InChI=1S/C17H24N2O3/c1-2-19(9-4-3-5-10-19)11-8-18-15-12-14(20)6-7-16(15)22-13-17(18)21/h6-7,12H,2-5,8-11,13H2,1H3/p+1. The molecule has 0 atom stereocenters. The fourth-order valence-corrected chi connectivity index (χ4v) is 3.63. The Morgan fingerprint density at radius 1 is 1.27 bits per heavy atom. The molecule has 1 saturated heterocycles. The third kappa shape index (κ3) is 2.90. The van der Waals surface area contributed by atoms with Gasteiger partial charge in [-0.3, -0.25) is 4.79 Å². The Morgan fingerprint density at radius 2 is 2.05 bits per heavy atom. The number of likely N-dealkylation sites (tertiary alicyclic amines) is 1. The summed E-state index contributed by atoms with van der Waals surface area (Å²) in [6.07, 6.45) is 3.89. The van der Waals surface area contributed by atoms with Gasteiger partial charge in [0.05, 0.1) is 38.4 Å². The number of nitrogens with zero attached hydrogens (tertiary/aromatic N) is 2. The van der Waals surface area contributed by atoms with Gasteiger partial charge in [-0.2, -0.15) is 0 Å². The number of phenols is 1. The Balaban J connectivity index is 1.77. The number of fused-ring (bicyclic) bond motifs is 1. The van der Waals surface area contributed by atoms with E-state index in [9.17, 15) is 9.90 Å². The normalized spacial score (nSPS) is 20.4. The number of ether oxygens (including phenoxy) is 1. The zero-order valence-corrected chi connectivity index (χ0v) is 13.3. The molecule has 1 aromatic carbocycles. The first-order valence-electron chi connectivity index (χ1n) is 8.25. The van der Waals surface area contributed by atoms with Gasteiger partial charge in [-0.15, -0.1) is 0 Å². The number of hydrogen-bond acceptors (Lipinski definition) is 3. The van der Waals surface area contributed by atoms with E-state index in [2.05, 4.69) is 6.92 Å². The van der Waals surface area contributed by atoms with Gasteiger partial charge >= 0.3 is 0 Å². The van der Waals surface area contributed by atoms with Crippen LogP contribution in [0.5, 0.6) is 11.5 Å². The number of benzene rings is 1. The SMILES string of the molecule is CC[N+]1(CCN2C(=O)COc3ccc(O)cc32)CCCCC1. The van der Waals surface area contributed by atoms with Crippen molar-refractivity contribution in [3.63, 3.8) is 0 Å². The first-order valence-corrected chi connectivity index (χ1v) is 8.25. The predicted octanol–water partition coefficient (Wildman–Crippen LogP) is 2.14. The maximum atomic E-state index is 12.2. The summed E-state index contributed by atoms with van der Waals surface area (Å²) in [5.41, 5.74) is 0.697. The molecule has 1 fully saturated rings. The molecule has 0 unspecified atom stereocenters. The number of phenolic OH excluding ortho intramolecular Hbond substituents is 1. The fourth-order valence-electron chi connectivity index (χ4n) is 3.63. The van der Waals surface area contributed by atoms with Gasteiger partial charge in [0, 0.05) is 6.07 Å². The van der Waals surface area contributed by atoms with Crippen LogP contribution in [-0.4, -0.2) is 54.8 Å². The Kier molecular flexibility index (Phi) is 4.25. The van der Waals surface area contributed by atoms with E-state index in [1.165, 1.54) is 32.4 Å². The minimum absolute atomic E-state index is 0.0237. The summed E-state index contributed by atoms with van der Waals surface area (Å²) in [5.74, 6) is 0.822. The van der Waals surface area contributed by atoms with E-state index in [4.69, 9.17) is 4.74 Å². The molecule has 0 aliphatic carbocycles. The van der Waals surface area contributed by atoms with Crippen LogP contribution in [0.15, 0.2) is 18.2 Å². The van der Waals surface area contributed by atoms with Crippen LogP contribution in [0.25, 0.3) is 0 Å². The number of rotatable bonds is 4. The smallest absolute Gasteiger partial charge is 0.265 e. The molecule has 2 aliphatic rings. The summed E-state index contributed by atoms with van der Waals surface area (Å²) in [5, 5.41) is 9.71. The van der Waals surface area contributed by atoms with Crippen molar-refractivity contribution < 1.29 is 19.1 Å². The molecule has 0 radical (unpaired) electrons. The van der Waals surface area contributed by atoms with Crippen LogP contribution < -0.4 is 9.64 Å². The molecule has 1 N–H and O–H groups in total. The van der Waals surface area contributed by atoms with E-state index in [1.54, 1.807) is 23.1 Å². The summed E-state index contributed by atoms with van der Waals surface area (Å²) in [7, 11) is 0. The number of aromatic hydroxyl groups is 1. The highest BCUT2D eigenvalue weighted by molar-refractivity contribution is 5.98. The van der Waals surface area contributed by atoms with E-state index in [-0.39, 0.29) is 18.3 Å². The number of piperidine rings is 1. The number of carbonyl (C=O) groups excluding carboxylic acids is 1. The van der Waals surface area contributed by atoms with Gasteiger partial charge < -0.3 is 19.2 Å². The minimum atomic E-state index is -0.0237. The van der Waals surface area contributed by atoms with Crippen molar-refractivity contribution in [1.82, 2.24) is 0 Å². The average Bonchev–Trinajstić information content (AvgIpc) is 2.55. The number of amides is 1. The second-order valence-electron chi connectivity index (χ2n) is 6.38. The number of hydrogen-bond donors (Lipinski definition) is 1. The maximum Gasteiger partial charge on any atom is 0.265 e. The second-order valence-corrected chi connectivity index (χ2v) is 6.38. The zero-order chi connectivity index (χ0) is 15.6. The zero-order valence-electron chi connectivity index (χ0n) is 13.3. The molecule has 5 heteroatoms. The van der Waals surface area contributed by atoms with Crippen molar-refractivity contribution in [2.75, 3.05) is 44.2 Å². The lowest BCUT2D eigenvalue weighted by molar-refractivity contribution is -0.929. The van der Waals surface area contributed by atoms with Crippen molar-refractivity contribution in [3.8, 4) is 11.5 Å². The van der Waals surface area contributed by atoms with Gasteiger partial charge in [-0.05, 0) is 38.3 Å². The minimum Gasteiger partial charge on any atom is -0.508 e. The topological polar surface area (TPSA) is 49.8 Å². The highest BCUT2D eigenvalue weighted by atomic mass is 16.5. The molecular weight excluding hydrogens is 280 g/mol. The molecule has 3 rings (SSSR count). The van der Waals surface area contributed by atoms with Gasteiger partial charge in [-0.25, -0.2) is 0 Å². The maximum absolute atomic E-state index is 12.2. The van der Waals surface area contributed by atoms with Gasteiger partial charge in [0.25, 0.3) is 5.91 Å². The van der Waals surface area contributed by atoms with Crippen molar-refractivity contribution in [3.05, 3.63) is 18.2 Å². The molecule has 0 spiro atoms. The third-order valence-electron chi connectivity index (χ3n) is 5.12. The monoisotopic (exact) mass is 305 g/mol. The van der Waals surface area contributed by atoms with Crippen LogP contribution in [0.1, 0.15) is 26.2 Å². The fraction of sp³-hybridized carbons (Fsp3) is 0.588. The molecule has 0 aromatic heterocycles. The molecule has 2 heterocycles. The predicted molar refractivity (Wildman–Crippen MR) is 85.2 cm³/mol. The average molecular weight is 305 g/mol. The van der Waals surface area contributed by atoms with Crippen molar-refractivity contribution in [2.24, 2.45) is 0 Å². The van der Waals surface area contributed by atoms with Crippen molar-refractivity contribution >= 4 is 11.6 Å². The van der Waals surface area contributed by atoms with Crippen LogP contribution >= 0.6 is 0 Å². The van der Waals surface area contributed by atoms with E-state index in [1.807, 2.05) is 0 Å². The van der Waals surface area contributed by atoms with E-state index >= 15 is 0 Å². The van der Waals surface area contributed by atoms with Crippen LogP contribution in [0.4, 0.5) is 5.69 Å². The van der Waals surface area contributed by atoms with E-state index < -0.39 is 0 Å². The van der Waals surface area contributed by atoms with Gasteiger partial charge in [0.2, 0.25) is 0 Å².